The van der Waals surface area contributed by atoms with E-state index in [0.29, 0.717) is 6.61 Å². The van der Waals surface area contributed by atoms with Crippen molar-refractivity contribution in [1.82, 2.24) is 0 Å². The minimum Gasteiger partial charge on any atom is -0.388 e. The van der Waals surface area contributed by atoms with E-state index < -0.39 is 6.10 Å². The van der Waals surface area contributed by atoms with E-state index in [1.54, 1.807) is 14.2 Å². The van der Waals surface area contributed by atoms with Gasteiger partial charge in [-0.15, -0.1) is 0 Å². The van der Waals surface area contributed by atoms with Crippen molar-refractivity contribution in [3.63, 3.8) is 0 Å². The van der Waals surface area contributed by atoms with Crippen LogP contribution in [-0.4, -0.2) is 37.6 Å². The highest BCUT2D eigenvalue weighted by molar-refractivity contribution is 4.95. The SMILES string of the molecule is COCC(O)C1(OC)CCC1. The molecule has 66 valence electrons. The van der Waals surface area contributed by atoms with Crippen LogP contribution in [0.15, 0.2) is 0 Å². The standard InChI is InChI=1S/C8H16O3/c1-10-6-7(9)8(11-2)4-3-5-8/h7,9H,3-6H2,1-2H3. The van der Waals surface area contributed by atoms with E-state index in [0.717, 1.165) is 19.3 Å². The van der Waals surface area contributed by atoms with E-state index in [1.165, 1.54) is 0 Å². The van der Waals surface area contributed by atoms with Gasteiger partial charge in [0, 0.05) is 14.2 Å². The summed E-state index contributed by atoms with van der Waals surface area (Å²) < 4.78 is 10.1. The molecule has 0 saturated heterocycles. The predicted octanol–water partition coefficient (Wildman–Crippen LogP) is 0.563. The first kappa shape index (κ1) is 8.97. The third-order valence-electron chi connectivity index (χ3n) is 2.54. The number of aliphatic hydroxyl groups excluding tert-OH is 1. The van der Waals surface area contributed by atoms with Gasteiger partial charge in [-0.3, -0.25) is 0 Å². The molecule has 0 spiro atoms. The first-order valence-electron chi connectivity index (χ1n) is 3.97. The second kappa shape index (κ2) is 3.52. The zero-order valence-corrected chi connectivity index (χ0v) is 7.17. The lowest BCUT2D eigenvalue weighted by Gasteiger charge is -2.43. The Bertz CT molecular complexity index is 115. The quantitative estimate of drug-likeness (QED) is 0.653. The van der Waals surface area contributed by atoms with Gasteiger partial charge in [0.2, 0.25) is 0 Å². The minimum atomic E-state index is -0.466. The minimum absolute atomic E-state index is 0.296. The molecular formula is C8H16O3. The van der Waals surface area contributed by atoms with E-state index in [1.807, 2.05) is 0 Å². The summed E-state index contributed by atoms with van der Waals surface area (Å²) in [6.07, 6.45) is 2.59. The van der Waals surface area contributed by atoms with E-state index in [-0.39, 0.29) is 5.60 Å². The average Bonchev–Trinajstić information content (AvgIpc) is 1.87. The number of hydrogen-bond acceptors (Lipinski definition) is 3. The Kier molecular flexibility index (Phi) is 2.87. The zero-order chi connectivity index (χ0) is 8.32. The fraction of sp³-hybridized carbons (Fsp3) is 1.00. The molecule has 0 aromatic rings. The van der Waals surface area contributed by atoms with Crippen molar-refractivity contribution in [1.29, 1.82) is 0 Å². The van der Waals surface area contributed by atoms with Crippen LogP contribution in [-0.2, 0) is 9.47 Å². The lowest BCUT2D eigenvalue weighted by atomic mass is 9.76. The fourth-order valence-corrected chi connectivity index (χ4v) is 1.51. The topological polar surface area (TPSA) is 38.7 Å². The van der Waals surface area contributed by atoms with E-state index >= 15 is 0 Å². The predicted molar refractivity (Wildman–Crippen MR) is 41.5 cm³/mol. The van der Waals surface area contributed by atoms with Gasteiger partial charge in [0.25, 0.3) is 0 Å². The molecule has 0 aliphatic heterocycles. The smallest absolute Gasteiger partial charge is 0.106 e. The van der Waals surface area contributed by atoms with Crippen molar-refractivity contribution in [3.05, 3.63) is 0 Å². The molecule has 1 N–H and O–H groups in total. The summed E-state index contributed by atoms with van der Waals surface area (Å²) >= 11 is 0. The number of methoxy groups -OCH3 is 2. The maximum atomic E-state index is 9.57. The van der Waals surface area contributed by atoms with Crippen LogP contribution in [0.25, 0.3) is 0 Å². The Morgan fingerprint density at radius 3 is 2.36 bits per heavy atom. The molecule has 11 heavy (non-hydrogen) atoms. The van der Waals surface area contributed by atoms with Gasteiger partial charge in [-0.25, -0.2) is 0 Å². The Morgan fingerprint density at radius 2 is 2.09 bits per heavy atom. The third-order valence-corrected chi connectivity index (χ3v) is 2.54. The Labute approximate surface area is 67.3 Å². The summed E-state index contributed by atoms with van der Waals surface area (Å²) in [5, 5.41) is 9.57. The van der Waals surface area contributed by atoms with Crippen molar-refractivity contribution in [3.8, 4) is 0 Å². The highest BCUT2D eigenvalue weighted by Crippen LogP contribution is 2.37. The van der Waals surface area contributed by atoms with Crippen LogP contribution >= 0.6 is 0 Å². The molecule has 0 aromatic heterocycles. The largest absolute Gasteiger partial charge is 0.388 e. The molecule has 1 atom stereocenters. The van der Waals surface area contributed by atoms with Crippen LogP contribution in [0.2, 0.25) is 0 Å². The summed E-state index contributed by atoms with van der Waals surface area (Å²) in [6, 6.07) is 0. The Hall–Kier alpha value is -0.120. The van der Waals surface area contributed by atoms with Crippen molar-refractivity contribution in [2.75, 3.05) is 20.8 Å². The van der Waals surface area contributed by atoms with Gasteiger partial charge in [-0.1, -0.05) is 0 Å². The summed E-state index contributed by atoms with van der Waals surface area (Å²) in [5.74, 6) is 0. The van der Waals surface area contributed by atoms with Gasteiger partial charge in [0.05, 0.1) is 12.2 Å². The molecule has 0 bridgehead atoms. The molecule has 0 aromatic carbocycles. The van der Waals surface area contributed by atoms with Crippen molar-refractivity contribution in [2.45, 2.75) is 31.0 Å². The van der Waals surface area contributed by atoms with Crippen LogP contribution < -0.4 is 0 Å². The van der Waals surface area contributed by atoms with Crippen LogP contribution in [0.3, 0.4) is 0 Å². The second-order valence-corrected chi connectivity index (χ2v) is 3.09. The van der Waals surface area contributed by atoms with E-state index in [2.05, 4.69) is 0 Å². The summed E-state index contributed by atoms with van der Waals surface area (Å²) in [4.78, 5) is 0. The number of aliphatic hydroxyl groups is 1. The van der Waals surface area contributed by atoms with E-state index in [4.69, 9.17) is 9.47 Å². The lowest BCUT2D eigenvalue weighted by Crippen LogP contribution is -2.51. The summed E-state index contributed by atoms with van der Waals surface area (Å²) in [7, 11) is 3.24. The molecule has 1 unspecified atom stereocenters. The average molecular weight is 160 g/mol. The van der Waals surface area contributed by atoms with Gasteiger partial charge < -0.3 is 14.6 Å². The number of rotatable bonds is 4. The second-order valence-electron chi connectivity index (χ2n) is 3.09. The third kappa shape index (κ3) is 1.55. The fourth-order valence-electron chi connectivity index (χ4n) is 1.51. The Morgan fingerprint density at radius 1 is 1.45 bits per heavy atom. The van der Waals surface area contributed by atoms with Crippen LogP contribution in [0.5, 0.6) is 0 Å². The molecule has 0 amide bonds. The van der Waals surface area contributed by atoms with Gasteiger partial charge in [-0.2, -0.15) is 0 Å². The molecular weight excluding hydrogens is 144 g/mol. The molecule has 3 nitrogen and oxygen atoms in total. The molecule has 0 radical (unpaired) electrons. The lowest BCUT2D eigenvalue weighted by molar-refractivity contribution is -0.164. The van der Waals surface area contributed by atoms with Crippen molar-refractivity contribution >= 4 is 0 Å². The summed E-state index contributed by atoms with van der Waals surface area (Å²) in [5.41, 5.74) is -0.296. The highest BCUT2D eigenvalue weighted by atomic mass is 16.5. The van der Waals surface area contributed by atoms with E-state index in [9.17, 15) is 5.11 Å². The van der Waals surface area contributed by atoms with Crippen LogP contribution in [0.4, 0.5) is 0 Å². The van der Waals surface area contributed by atoms with Gasteiger partial charge >= 0.3 is 0 Å². The van der Waals surface area contributed by atoms with Gasteiger partial charge in [-0.05, 0) is 19.3 Å². The van der Waals surface area contributed by atoms with Crippen LogP contribution in [0, 0.1) is 0 Å². The summed E-state index contributed by atoms with van der Waals surface area (Å²) in [6.45, 7) is 0.369. The first-order chi connectivity index (χ1) is 5.25. The van der Waals surface area contributed by atoms with Gasteiger partial charge in [0.15, 0.2) is 0 Å². The normalized spacial score (nSPS) is 24.3. The van der Waals surface area contributed by atoms with Gasteiger partial charge in [0.1, 0.15) is 6.10 Å². The molecule has 1 rings (SSSR count). The Balaban J connectivity index is 2.40. The molecule has 1 aliphatic rings. The van der Waals surface area contributed by atoms with Crippen molar-refractivity contribution in [2.24, 2.45) is 0 Å². The zero-order valence-electron chi connectivity index (χ0n) is 7.17. The molecule has 0 heterocycles. The maximum absolute atomic E-state index is 9.57. The molecule has 1 fully saturated rings. The first-order valence-corrected chi connectivity index (χ1v) is 3.97. The molecule has 1 saturated carbocycles. The number of hydrogen-bond donors (Lipinski definition) is 1. The number of ether oxygens (including phenoxy) is 2. The highest BCUT2D eigenvalue weighted by Gasteiger charge is 2.43. The van der Waals surface area contributed by atoms with Crippen LogP contribution in [0.1, 0.15) is 19.3 Å². The van der Waals surface area contributed by atoms with Crippen molar-refractivity contribution < 1.29 is 14.6 Å². The monoisotopic (exact) mass is 160 g/mol. The molecule has 1 aliphatic carbocycles. The molecule has 3 heteroatoms. The maximum Gasteiger partial charge on any atom is 0.106 e.